The number of rotatable bonds is 22. The lowest BCUT2D eigenvalue weighted by molar-refractivity contribution is -0.142. The van der Waals surface area contributed by atoms with Gasteiger partial charge in [0.15, 0.2) is 0 Å². The Kier molecular flexibility index (Phi) is 25.1. The lowest BCUT2D eigenvalue weighted by atomic mass is 9.98. The van der Waals surface area contributed by atoms with E-state index in [2.05, 4.69) is 64.5 Å². The summed E-state index contributed by atoms with van der Waals surface area (Å²) >= 11 is 0. The smallest absolute Gasteiger partial charge is 0.407 e. The van der Waals surface area contributed by atoms with Gasteiger partial charge in [0.25, 0.3) is 0 Å². The second-order valence-electron chi connectivity index (χ2n) is 16.8. The molecule has 4 aromatic carbocycles. The van der Waals surface area contributed by atoms with E-state index in [1.807, 2.05) is 55.5 Å². The molecule has 8 N–H and O–H groups in total. The second-order valence-corrected chi connectivity index (χ2v) is 16.8. The Balaban J connectivity index is 0.000000291. The number of aldehydes is 1. The van der Waals surface area contributed by atoms with Crippen molar-refractivity contribution in [2.45, 2.75) is 84.5 Å². The molecular weight excluding hydrogens is 869 g/mol. The highest BCUT2D eigenvalue weighted by atomic mass is 16.6. The van der Waals surface area contributed by atoms with Crippen molar-refractivity contribution in [1.82, 2.24) is 16.0 Å². The fourth-order valence-corrected chi connectivity index (χ4v) is 7.56. The zero-order valence-electron chi connectivity index (χ0n) is 39.8. The predicted molar refractivity (Wildman–Crippen MR) is 263 cm³/mol. The normalized spacial score (nSPS) is 13.0. The van der Waals surface area contributed by atoms with Crippen molar-refractivity contribution in [3.63, 3.8) is 0 Å². The van der Waals surface area contributed by atoms with Crippen LogP contribution in [-0.2, 0) is 28.7 Å². The standard InChI is InChI=1S/C23H27NO4.C22H26N2O4.C5H11NO2.C3H6O/c1-16(22(25)26)9-3-2-8-14-24-23(27)28-15-21-19-12-6-4-10-17(19)18-11-5-7-13-20(18)21;1-15(21(25)26)10-11-23-12-13-24-22(27)28-14-20-18-8-4-2-6-16(18)17-7-3-5-9-19(17)20;1-4(2-3-6)5(7)8;1-2-3-4/h4-7,10-13,16,21H,2-3,8-9,14-15H2,1H3,(H,24,27)(H,25,26);2-9,15,20,23H,10-14H2,1H3,(H,24,27)(H,25,26);4H,2-3,6H2,1H3,(H,7,8);3H,2H2,1H3/t16-;15-;4-;/m000./s1. The van der Waals surface area contributed by atoms with Crippen LogP contribution in [0.4, 0.5) is 9.59 Å². The van der Waals surface area contributed by atoms with E-state index in [4.69, 9.17) is 30.5 Å². The highest BCUT2D eigenvalue weighted by Gasteiger charge is 2.30. The average molecular weight is 939 g/mol. The molecule has 0 fully saturated rings. The first-order valence-electron chi connectivity index (χ1n) is 23.5. The van der Waals surface area contributed by atoms with Crippen molar-refractivity contribution in [3.8, 4) is 22.3 Å². The number of unbranched alkanes of at least 4 members (excludes halogenated alkanes) is 2. The summed E-state index contributed by atoms with van der Waals surface area (Å²) in [5.41, 5.74) is 14.7. The van der Waals surface area contributed by atoms with E-state index in [9.17, 15) is 28.8 Å². The molecule has 0 aliphatic heterocycles. The number of alkyl carbamates (subject to hydrolysis) is 2. The van der Waals surface area contributed by atoms with Crippen LogP contribution in [-0.4, -0.2) is 97.6 Å². The van der Waals surface area contributed by atoms with Gasteiger partial charge in [-0.2, -0.15) is 0 Å². The van der Waals surface area contributed by atoms with Crippen LogP contribution in [0.2, 0.25) is 0 Å². The van der Waals surface area contributed by atoms with Crippen LogP contribution in [0.5, 0.6) is 0 Å². The number of aliphatic carboxylic acids is 3. The molecule has 15 heteroatoms. The van der Waals surface area contributed by atoms with Crippen molar-refractivity contribution in [1.29, 1.82) is 0 Å². The summed E-state index contributed by atoms with van der Waals surface area (Å²) in [4.78, 5) is 64.8. The predicted octanol–water partition coefficient (Wildman–Crippen LogP) is 8.68. The number of benzene rings is 4. The third kappa shape index (κ3) is 18.2. The second kappa shape index (κ2) is 30.7. The Morgan fingerprint density at radius 2 is 0.912 bits per heavy atom. The monoisotopic (exact) mass is 939 g/mol. The first-order chi connectivity index (χ1) is 32.7. The number of nitrogens with one attached hydrogen (secondary N) is 3. The molecule has 68 heavy (non-hydrogen) atoms. The molecule has 0 aromatic heterocycles. The van der Waals surface area contributed by atoms with Crippen molar-refractivity contribution in [2.75, 3.05) is 45.9 Å². The van der Waals surface area contributed by atoms with E-state index < -0.39 is 30.1 Å². The molecule has 0 spiro atoms. The number of carbonyl (C=O) groups excluding carboxylic acids is 3. The van der Waals surface area contributed by atoms with E-state index in [0.29, 0.717) is 71.6 Å². The summed E-state index contributed by atoms with van der Waals surface area (Å²) in [5.74, 6) is -3.17. The molecule has 4 aromatic rings. The van der Waals surface area contributed by atoms with Crippen molar-refractivity contribution < 1.29 is 53.6 Å². The molecule has 15 nitrogen and oxygen atoms in total. The van der Waals surface area contributed by atoms with Crippen molar-refractivity contribution in [3.05, 3.63) is 119 Å². The van der Waals surface area contributed by atoms with Gasteiger partial charge in [0.2, 0.25) is 0 Å². The largest absolute Gasteiger partial charge is 0.481 e. The lowest BCUT2D eigenvalue weighted by Crippen LogP contribution is -2.33. The Bertz CT molecular complexity index is 1990. The lowest BCUT2D eigenvalue weighted by Gasteiger charge is -2.14. The number of carboxylic acids is 3. The summed E-state index contributed by atoms with van der Waals surface area (Å²) in [6.45, 7) is 10.1. The third-order valence-electron chi connectivity index (χ3n) is 11.6. The molecule has 0 saturated carbocycles. The van der Waals surface area contributed by atoms with Crippen LogP contribution in [0.15, 0.2) is 97.1 Å². The van der Waals surface area contributed by atoms with Crippen LogP contribution in [0.1, 0.15) is 107 Å². The third-order valence-corrected chi connectivity index (χ3v) is 11.6. The number of carbonyl (C=O) groups is 6. The number of hydrogen-bond acceptors (Lipinski definition) is 10. The van der Waals surface area contributed by atoms with Gasteiger partial charge in [-0.15, -0.1) is 0 Å². The van der Waals surface area contributed by atoms with Gasteiger partial charge < -0.3 is 51.3 Å². The molecule has 0 unspecified atom stereocenters. The van der Waals surface area contributed by atoms with Crippen LogP contribution in [0.3, 0.4) is 0 Å². The summed E-state index contributed by atoms with van der Waals surface area (Å²) in [5, 5.41) is 34.6. The highest BCUT2D eigenvalue weighted by Crippen LogP contribution is 2.45. The maximum atomic E-state index is 12.0. The number of ether oxygens (including phenoxy) is 2. The Hall–Kier alpha value is -6.58. The minimum atomic E-state index is -0.793. The zero-order valence-corrected chi connectivity index (χ0v) is 39.8. The molecule has 368 valence electrons. The zero-order chi connectivity index (χ0) is 49.8. The van der Waals surface area contributed by atoms with E-state index in [-0.39, 0.29) is 29.6 Å². The average Bonchev–Trinajstić information content (AvgIpc) is 3.84. The maximum Gasteiger partial charge on any atom is 0.407 e. The van der Waals surface area contributed by atoms with E-state index in [1.54, 1.807) is 20.8 Å². The molecule has 2 amide bonds. The Morgan fingerprint density at radius 3 is 1.28 bits per heavy atom. The number of hydrogen-bond donors (Lipinski definition) is 7. The van der Waals surface area contributed by atoms with Gasteiger partial charge in [0.05, 0.1) is 17.8 Å². The number of carboxylic acid groups (broad SMARTS) is 3. The minimum absolute atomic E-state index is 0.0498. The Morgan fingerprint density at radius 1 is 0.544 bits per heavy atom. The van der Waals surface area contributed by atoms with Gasteiger partial charge in [0.1, 0.15) is 19.5 Å². The topological polar surface area (TPSA) is 244 Å². The van der Waals surface area contributed by atoms with E-state index in [1.165, 1.54) is 44.5 Å². The molecule has 2 aliphatic carbocycles. The maximum absolute atomic E-state index is 12.0. The first-order valence-corrected chi connectivity index (χ1v) is 23.5. The summed E-state index contributed by atoms with van der Waals surface area (Å²) in [7, 11) is 0. The SMILES string of the molecule is CCC=O.C[C@@H](CCCCCNC(=O)OCC1c2ccccc2-c2ccccc21)C(=O)O.C[C@@H](CCN)C(=O)O.C[C@@H](CCNCCNC(=O)OCC1c2ccccc2-c2ccccc21)C(=O)O. The van der Waals surface area contributed by atoms with E-state index in [0.717, 1.165) is 25.5 Å². The number of fused-ring (bicyclic) bond motifs is 6. The van der Waals surface area contributed by atoms with E-state index >= 15 is 0 Å². The van der Waals surface area contributed by atoms with Crippen LogP contribution in [0, 0.1) is 17.8 Å². The van der Waals surface area contributed by atoms with Crippen LogP contribution in [0.25, 0.3) is 22.3 Å². The molecule has 0 radical (unpaired) electrons. The molecule has 0 bridgehead atoms. The minimum Gasteiger partial charge on any atom is -0.481 e. The van der Waals surface area contributed by atoms with Gasteiger partial charge in [-0.25, -0.2) is 9.59 Å². The first kappa shape index (κ1) is 55.7. The van der Waals surface area contributed by atoms with Crippen molar-refractivity contribution >= 4 is 36.4 Å². The molecule has 2 aliphatic rings. The summed E-state index contributed by atoms with van der Waals surface area (Å²) in [6, 6.07) is 33.0. The van der Waals surface area contributed by atoms with Gasteiger partial charge in [0, 0.05) is 37.9 Å². The van der Waals surface area contributed by atoms with Gasteiger partial charge in [-0.05, 0) is 83.3 Å². The quantitative estimate of drug-likeness (QED) is 0.0288. The van der Waals surface area contributed by atoms with Crippen molar-refractivity contribution in [2.24, 2.45) is 23.5 Å². The molecule has 0 heterocycles. The van der Waals surface area contributed by atoms with Crippen LogP contribution < -0.4 is 21.7 Å². The van der Waals surface area contributed by atoms with Gasteiger partial charge in [-0.3, -0.25) is 14.4 Å². The number of nitrogens with two attached hydrogens (primary N) is 1. The molecular formula is C53H70N4O11. The van der Waals surface area contributed by atoms with Gasteiger partial charge >= 0.3 is 30.1 Å². The molecule has 3 atom stereocenters. The Labute approximate surface area is 400 Å². The highest BCUT2D eigenvalue weighted by molar-refractivity contribution is 5.80. The molecule has 0 saturated heterocycles. The summed E-state index contributed by atoms with van der Waals surface area (Å²) in [6.07, 6.45) is 5.01. The number of amides is 2. The fourth-order valence-electron chi connectivity index (χ4n) is 7.56. The van der Waals surface area contributed by atoms with Crippen LogP contribution >= 0.6 is 0 Å². The molecule has 6 rings (SSSR count). The van der Waals surface area contributed by atoms with Gasteiger partial charge in [-0.1, -0.05) is 138 Å². The summed E-state index contributed by atoms with van der Waals surface area (Å²) < 4.78 is 10.9. The fraction of sp³-hybridized carbons (Fsp3) is 0.434.